The maximum absolute atomic E-state index is 12.9. The third-order valence-corrected chi connectivity index (χ3v) is 5.97. The van der Waals surface area contributed by atoms with E-state index in [1.54, 1.807) is 19.1 Å². The first kappa shape index (κ1) is 27.9. The molecule has 0 unspecified atom stereocenters. The highest BCUT2D eigenvalue weighted by molar-refractivity contribution is 6.05. The number of amides is 1. The minimum Gasteiger partial charge on any atom is -0.478 e. The number of carbonyl (C=O) groups is 2. The van der Waals surface area contributed by atoms with Crippen LogP contribution in [-0.4, -0.2) is 17.0 Å². The van der Waals surface area contributed by atoms with Crippen LogP contribution in [0.2, 0.25) is 0 Å². The summed E-state index contributed by atoms with van der Waals surface area (Å²) in [4.78, 5) is 23.6. The molecule has 1 aliphatic rings. The van der Waals surface area contributed by atoms with E-state index in [4.69, 9.17) is 0 Å². The molecule has 7 heteroatoms. The van der Waals surface area contributed by atoms with Gasteiger partial charge >= 0.3 is 12.1 Å². The van der Waals surface area contributed by atoms with E-state index in [2.05, 4.69) is 38.2 Å². The van der Waals surface area contributed by atoms with Crippen molar-refractivity contribution in [1.29, 1.82) is 0 Å². The average Bonchev–Trinajstić information content (AvgIpc) is 2.72. The molecule has 0 aromatic heterocycles. The van der Waals surface area contributed by atoms with Gasteiger partial charge in [0.15, 0.2) is 0 Å². The molecule has 188 valence electrons. The Kier molecular flexibility index (Phi) is 9.07. The van der Waals surface area contributed by atoms with E-state index in [1.165, 1.54) is 30.1 Å². The third kappa shape index (κ3) is 8.12. The number of carboxylic acids is 1. The smallest absolute Gasteiger partial charge is 0.416 e. The number of aromatic carboxylic acids is 1. The van der Waals surface area contributed by atoms with Crippen LogP contribution in [0.25, 0.3) is 0 Å². The summed E-state index contributed by atoms with van der Waals surface area (Å²) in [6, 6.07) is 2.17. The fraction of sp³-hybridized carbons (Fsp3) is 0.357. The number of carboxylic acid groups (broad SMARTS) is 1. The predicted octanol–water partition coefficient (Wildman–Crippen LogP) is 7.87. The van der Waals surface area contributed by atoms with Crippen LogP contribution in [0.5, 0.6) is 0 Å². The molecule has 0 saturated heterocycles. The largest absolute Gasteiger partial charge is 0.478 e. The summed E-state index contributed by atoms with van der Waals surface area (Å²) in [5.74, 6) is -2.21. The number of benzene rings is 1. The van der Waals surface area contributed by atoms with Crippen LogP contribution in [0.1, 0.15) is 69.8 Å². The van der Waals surface area contributed by atoms with Gasteiger partial charge in [0.2, 0.25) is 5.91 Å². The molecule has 0 atom stereocenters. The summed E-state index contributed by atoms with van der Waals surface area (Å²) in [6.45, 7) is 10.4. The van der Waals surface area contributed by atoms with Gasteiger partial charge in [-0.1, -0.05) is 55.4 Å². The third-order valence-electron chi connectivity index (χ3n) is 5.97. The minimum atomic E-state index is -4.68. The number of hydrogen-bond acceptors (Lipinski definition) is 2. The molecule has 35 heavy (non-hydrogen) atoms. The van der Waals surface area contributed by atoms with E-state index in [0.29, 0.717) is 11.6 Å². The van der Waals surface area contributed by atoms with Gasteiger partial charge in [-0.3, -0.25) is 4.79 Å². The molecule has 1 aromatic rings. The molecule has 1 aliphatic carbocycles. The molecule has 0 spiro atoms. The minimum absolute atomic E-state index is 0.162. The quantitative estimate of drug-likeness (QED) is 0.304. The summed E-state index contributed by atoms with van der Waals surface area (Å²) >= 11 is 0. The first-order valence-electron chi connectivity index (χ1n) is 11.4. The Morgan fingerprint density at radius 3 is 2.40 bits per heavy atom. The molecule has 1 aromatic carbocycles. The zero-order valence-corrected chi connectivity index (χ0v) is 20.7. The number of allylic oxidation sites excluding steroid dienone is 9. The van der Waals surface area contributed by atoms with Crippen molar-refractivity contribution in [2.45, 2.75) is 60.1 Å². The van der Waals surface area contributed by atoms with Crippen molar-refractivity contribution in [3.05, 3.63) is 88.1 Å². The summed E-state index contributed by atoms with van der Waals surface area (Å²) in [5, 5.41) is 11.6. The fourth-order valence-electron chi connectivity index (χ4n) is 4.06. The van der Waals surface area contributed by atoms with Crippen LogP contribution in [0.4, 0.5) is 18.9 Å². The van der Waals surface area contributed by atoms with Gasteiger partial charge in [-0.05, 0) is 74.8 Å². The second kappa shape index (κ2) is 11.4. The molecule has 0 aliphatic heterocycles. The van der Waals surface area contributed by atoms with Gasteiger partial charge in [0.05, 0.1) is 16.8 Å². The van der Waals surface area contributed by atoms with E-state index >= 15 is 0 Å². The Bertz CT molecular complexity index is 1130. The number of carbonyl (C=O) groups excluding carboxylic acids is 1. The zero-order chi connectivity index (χ0) is 26.4. The van der Waals surface area contributed by atoms with Crippen LogP contribution < -0.4 is 5.32 Å². The lowest BCUT2D eigenvalue weighted by atomic mass is 9.72. The van der Waals surface area contributed by atoms with Crippen LogP contribution >= 0.6 is 0 Å². The van der Waals surface area contributed by atoms with Gasteiger partial charge in [-0.25, -0.2) is 4.79 Å². The number of nitrogens with one attached hydrogen (secondary N) is 1. The Balaban J connectivity index is 2.08. The Morgan fingerprint density at radius 1 is 1.11 bits per heavy atom. The van der Waals surface area contributed by atoms with Crippen molar-refractivity contribution in [3.8, 4) is 0 Å². The van der Waals surface area contributed by atoms with Gasteiger partial charge in [0.25, 0.3) is 0 Å². The SMILES string of the molecule is CC(C=CC1=C(C)CCCC1(C)C)=CC=CC(C)=CC(=O)Nc1ccc(C(F)(F)F)cc1C(=O)O. The summed E-state index contributed by atoms with van der Waals surface area (Å²) in [6.07, 6.45) is 9.74. The maximum atomic E-state index is 12.9. The standard InChI is InChI=1S/C28H32F3NO3/c1-18(11-13-23-20(3)10-7-15-27(23,4)5)8-6-9-19(2)16-25(33)32-24-14-12-21(28(29,30)31)17-22(24)26(34)35/h6,8-9,11-14,16-17H,7,10,15H2,1-5H3,(H,32,33)(H,34,35). The average molecular weight is 488 g/mol. The Labute approximate surface area is 204 Å². The Morgan fingerprint density at radius 2 is 1.80 bits per heavy atom. The lowest BCUT2D eigenvalue weighted by Crippen LogP contribution is -2.19. The number of hydrogen-bond donors (Lipinski definition) is 2. The highest BCUT2D eigenvalue weighted by atomic mass is 19.4. The molecular weight excluding hydrogens is 455 g/mol. The lowest BCUT2D eigenvalue weighted by Gasteiger charge is -2.32. The summed E-state index contributed by atoms with van der Waals surface area (Å²) < 4.78 is 38.6. The molecule has 0 heterocycles. The van der Waals surface area contributed by atoms with Gasteiger partial charge in [0.1, 0.15) is 0 Å². The zero-order valence-electron chi connectivity index (χ0n) is 20.7. The fourth-order valence-corrected chi connectivity index (χ4v) is 4.06. The van der Waals surface area contributed by atoms with Crippen LogP contribution in [0.3, 0.4) is 0 Å². The van der Waals surface area contributed by atoms with E-state index < -0.39 is 29.2 Å². The predicted molar refractivity (Wildman–Crippen MR) is 133 cm³/mol. The normalized spacial score (nSPS) is 17.4. The number of alkyl halides is 3. The summed E-state index contributed by atoms with van der Waals surface area (Å²) in [5.41, 5.74) is 2.64. The molecule has 0 fully saturated rings. The maximum Gasteiger partial charge on any atom is 0.416 e. The molecule has 2 N–H and O–H groups in total. The van der Waals surface area contributed by atoms with Gasteiger partial charge in [0, 0.05) is 6.08 Å². The molecule has 0 saturated carbocycles. The molecule has 0 radical (unpaired) electrons. The number of anilines is 1. The molecule has 0 bridgehead atoms. The van der Waals surface area contributed by atoms with Crippen LogP contribution in [-0.2, 0) is 11.0 Å². The topological polar surface area (TPSA) is 66.4 Å². The van der Waals surface area contributed by atoms with E-state index in [1.807, 2.05) is 13.0 Å². The van der Waals surface area contributed by atoms with Crippen molar-refractivity contribution < 1.29 is 27.9 Å². The van der Waals surface area contributed by atoms with Crippen molar-refractivity contribution in [1.82, 2.24) is 0 Å². The van der Waals surface area contributed by atoms with Crippen LogP contribution in [0, 0.1) is 5.41 Å². The second-order valence-corrected chi connectivity index (χ2v) is 9.48. The Hall–Kier alpha value is -3.35. The molecule has 2 rings (SSSR count). The summed E-state index contributed by atoms with van der Waals surface area (Å²) in [7, 11) is 0. The van der Waals surface area contributed by atoms with Crippen LogP contribution in [0.15, 0.2) is 76.9 Å². The molecule has 4 nitrogen and oxygen atoms in total. The van der Waals surface area contributed by atoms with Gasteiger partial charge < -0.3 is 10.4 Å². The van der Waals surface area contributed by atoms with Gasteiger partial charge in [-0.2, -0.15) is 13.2 Å². The molecule has 1 amide bonds. The highest BCUT2D eigenvalue weighted by Gasteiger charge is 2.32. The van der Waals surface area contributed by atoms with Crippen molar-refractivity contribution >= 4 is 17.6 Å². The number of rotatable bonds is 7. The van der Waals surface area contributed by atoms with Crippen molar-refractivity contribution in [2.75, 3.05) is 5.32 Å². The first-order chi connectivity index (χ1) is 16.2. The van der Waals surface area contributed by atoms with Crippen molar-refractivity contribution in [3.63, 3.8) is 0 Å². The lowest BCUT2D eigenvalue weighted by molar-refractivity contribution is -0.137. The van der Waals surface area contributed by atoms with E-state index in [0.717, 1.165) is 24.1 Å². The van der Waals surface area contributed by atoms with E-state index in [-0.39, 0.29) is 11.1 Å². The van der Waals surface area contributed by atoms with Gasteiger partial charge in [-0.15, -0.1) is 0 Å². The monoisotopic (exact) mass is 487 g/mol. The van der Waals surface area contributed by atoms with Crippen molar-refractivity contribution in [2.24, 2.45) is 5.41 Å². The number of halogens is 3. The second-order valence-electron chi connectivity index (χ2n) is 9.48. The first-order valence-corrected chi connectivity index (χ1v) is 11.4. The highest BCUT2D eigenvalue weighted by Crippen LogP contribution is 2.40. The van der Waals surface area contributed by atoms with E-state index in [9.17, 15) is 27.9 Å². The molecular formula is C28H32F3NO3.